The fourth-order valence-corrected chi connectivity index (χ4v) is 2.36. The molecule has 0 bridgehead atoms. The Hall–Kier alpha value is -2.60. The van der Waals surface area contributed by atoms with Crippen LogP contribution in [0.15, 0.2) is 36.4 Å². The molecule has 0 unspecified atom stereocenters. The van der Waals surface area contributed by atoms with Crippen LogP contribution in [0.5, 0.6) is 17.2 Å². The Balaban J connectivity index is 2.32. The number of carbonyl (C=O) groups excluding carboxylic acids is 1. The zero-order chi connectivity index (χ0) is 18.6. The van der Waals surface area contributed by atoms with E-state index < -0.39 is 12.4 Å². The molecule has 0 radical (unpaired) electrons. The number of allylic oxidation sites excluding steroid dienone is 1. The third-order valence-corrected chi connectivity index (χ3v) is 3.60. The topological polar surface area (TPSA) is 55.8 Å². The first-order valence-corrected chi connectivity index (χ1v) is 7.54. The molecule has 0 amide bonds. The minimum atomic E-state index is -3.03. The van der Waals surface area contributed by atoms with Crippen LogP contribution in [0.1, 0.15) is 21.5 Å². The highest BCUT2D eigenvalue weighted by molar-refractivity contribution is 6.32. The summed E-state index contributed by atoms with van der Waals surface area (Å²) >= 11 is 5.88. The van der Waals surface area contributed by atoms with Gasteiger partial charge in [0.05, 0.1) is 17.7 Å². The average molecular weight is 369 g/mol. The number of benzene rings is 2. The van der Waals surface area contributed by atoms with Crippen molar-refractivity contribution in [3.63, 3.8) is 0 Å². The first-order chi connectivity index (χ1) is 11.8. The van der Waals surface area contributed by atoms with Gasteiger partial charge in [-0.15, -0.1) is 0 Å². The van der Waals surface area contributed by atoms with E-state index in [1.807, 2.05) is 0 Å². The number of hydrogen-bond acceptors (Lipinski definition) is 4. The number of halogens is 3. The Morgan fingerprint density at radius 1 is 1.24 bits per heavy atom. The molecule has 1 N–H and O–H groups in total. The van der Waals surface area contributed by atoms with Crippen molar-refractivity contribution in [2.24, 2.45) is 0 Å². The standard InChI is InChI=1S/C18H15ClF2O4/c1-10-3-6-15(25-18(20)21)12(7-10)14(22)5-4-11-8-13(19)17(23)16(9-11)24-2/h3-9,18,23H,1-2H3/b5-4+. The molecule has 7 heteroatoms. The van der Waals surface area contributed by atoms with Crippen molar-refractivity contribution in [2.75, 3.05) is 7.11 Å². The molecule has 25 heavy (non-hydrogen) atoms. The summed E-state index contributed by atoms with van der Waals surface area (Å²) in [7, 11) is 1.37. The van der Waals surface area contributed by atoms with E-state index >= 15 is 0 Å². The van der Waals surface area contributed by atoms with Gasteiger partial charge in [0.1, 0.15) is 5.75 Å². The lowest BCUT2D eigenvalue weighted by Crippen LogP contribution is -2.07. The van der Waals surface area contributed by atoms with E-state index in [1.165, 1.54) is 43.5 Å². The van der Waals surface area contributed by atoms with Crippen molar-refractivity contribution in [3.05, 3.63) is 58.1 Å². The predicted molar refractivity (Wildman–Crippen MR) is 90.8 cm³/mol. The minimum Gasteiger partial charge on any atom is -0.503 e. The SMILES string of the molecule is COc1cc(/C=C/C(=O)c2cc(C)ccc2OC(F)F)cc(Cl)c1O. The second-order valence-corrected chi connectivity index (χ2v) is 5.54. The molecule has 0 saturated carbocycles. The smallest absolute Gasteiger partial charge is 0.387 e. The Morgan fingerprint density at radius 3 is 2.60 bits per heavy atom. The van der Waals surface area contributed by atoms with Crippen molar-refractivity contribution in [3.8, 4) is 17.2 Å². The van der Waals surface area contributed by atoms with Gasteiger partial charge in [-0.1, -0.05) is 29.3 Å². The fourth-order valence-electron chi connectivity index (χ4n) is 2.14. The lowest BCUT2D eigenvalue weighted by Gasteiger charge is -2.09. The first kappa shape index (κ1) is 18.7. The largest absolute Gasteiger partial charge is 0.503 e. The lowest BCUT2D eigenvalue weighted by molar-refractivity contribution is -0.0501. The normalized spacial score (nSPS) is 11.1. The summed E-state index contributed by atoms with van der Waals surface area (Å²) in [6, 6.07) is 7.29. The second-order valence-electron chi connectivity index (χ2n) is 5.13. The summed E-state index contributed by atoms with van der Waals surface area (Å²) in [6.45, 7) is -1.30. The molecule has 2 rings (SSSR count). The van der Waals surface area contributed by atoms with Crippen molar-refractivity contribution < 1.29 is 28.2 Å². The predicted octanol–water partition coefficient (Wildman–Crippen LogP) is 4.86. The summed E-state index contributed by atoms with van der Waals surface area (Å²) in [4.78, 5) is 12.4. The van der Waals surface area contributed by atoms with Gasteiger partial charge in [-0.25, -0.2) is 0 Å². The molecule has 0 spiro atoms. The van der Waals surface area contributed by atoms with Crippen LogP contribution in [0.2, 0.25) is 5.02 Å². The third kappa shape index (κ3) is 4.70. The summed E-state index contributed by atoms with van der Waals surface area (Å²) in [5.41, 5.74) is 1.25. The van der Waals surface area contributed by atoms with E-state index in [0.717, 1.165) is 5.56 Å². The number of methoxy groups -OCH3 is 1. The number of aryl methyl sites for hydroxylation is 1. The highest BCUT2D eigenvalue weighted by Crippen LogP contribution is 2.35. The molecule has 0 fully saturated rings. The number of ether oxygens (including phenoxy) is 2. The third-order valence-electron chi connectivity index (χ3n) is 3.31. The average Bonchev–Trinajstić information content (AvgIpc) is 2.56. The Morgan fingerprint density at radius 2 is 1.96 bits per heavy atom. The van der Waals surface area contributed by atoms with Crippen molar-refractivity contribution in [2.45, 2.75) is 13.5 Å². The molecule has 0 aromatic heterocycles. The molecule has 0 atom stereocenters. The molecule has 4 nitrogen and oxygen atoms in total. The van der Waals surface area contributed by atoms with E-state index in [1.54, 1.807) is 13.0 Å². The van der Waals surface area contributed by atoms with E-state index in [9.17, 15) is 18.7 Å². The maximum absolute atomic E-state index is 12.5. The number of rotatable bonds is 6. The molecule has 2 aromatic carbocycles. The van der Waals surface area contributed by atoms with E-state index in [4.69, 9.17) is 16.3 Å². The van der Waals surface area contributed by atoms with Crippen LogP contribution >= 0.6 is 11.6 Å². The first-order valence-electron chi connectivity index (χ1n) is 7.16. The number of ketones is 1. The van der Waals surface area contributed by atoms with Gasteiger partial charge in [-0.05, 0) is 42.8 Å². The molecule has 132 valence electrons. The summed E-state index contributed by atoms with van der Waals surface area (Å²) in [5, 5.41) is 9.75. The second kappa shape index (κ2) is 7.98. The fraction of sp³-hybridized carbons (Fsp3) is 0.167. The molecular weight excluding hydrogens is 354 g/mol. The van der Waals surface area contributed by atoms with Gasteiger partial charge in [0, 0.05) is 0 Å². The maximum Gasteiger partial charge on any atom is 0.387 e. The van der Waals surface area contributed by atoms with E-state index in [0.29, 0.717) is 5.56 Å². The maximum atomic E-state index is 12.5. The van der Waals surface area contributed by atoms with Gasteiger partial charge in [-0.3, -0.25) is 4.79 Å². The van der Waals surface area contributed by atoms with Crippen LogP contribution in [0, 0.1) is 6.92 Å². The van der Waals surface area contributed by atoms with Gasteiger partial charge >= 0.3 is 6.61 Å². The quantitative estimate of drug-likeness (QED) is 0.584. The molecule has 0 saturated heterocycles. The summed E-state index contributed by atoms with van der Waals surface area (Å²) in [5.74, 6) is -0.769. The molecule has 0 heterocycles. The van der Waals surface area contributed by atoms with Crippen LogP contribution in [0.25, 0.3) is 6.08 Å². The number of carbonyl (C=O) groups is 1. The highest BCUT2D eigenvalue weighted by atomic mass is 35.5. The Kier molecular flexibility index (Phi) is 5.98. The van der Waals surface area contributed by atoms with Crippen LogP contribution in [0.4, 0.5) is 8.78 Å². The molecule has 0 aliphatic carbocycles. The van der Waals surface area contributed by atoms with Gasteiger partial charge < -0.3 is 14.6 Å². The van der Waals surface area contributed by atoms with Crippen molar-refractivity contribution in [1.29, 1.82) is 0 Å². The monoisotopic (exact) mass is 368 g/mol. The number of phenols is 1. The zero-order valence-electron chi connectivity index (χ0n) is 13.4. The van der Waals surface area contributed by atoms with Crippen LogP contribution < -0.4 is 9.47 Å². The van der Waals surface area contributed by atoms with Gasteiger partial charge in [0.15, 0.2) is 17.3 Å². The summed E-state index contributed by atoms with van der Waals surface area (Å²) < 4.78 is 34.3. The van der Waals surface area contributed by atoms with Crippen LogP contribution in [0.3, 0.4) is 0 Å². The Bertz CT molecular complexity index is 819. The van der Waals surface area contributed by atoms with Crippen LogP contribution in [-0.4, -0.2) is 24.6 Å². The van der Waals surface area contributed by atoms with Gasteiger partial charge in [-0.2, -0.15) is 8.78 Å². The van der Waals surface area contributed by atoms with Crippen molar-refractivity contribution in [1.82, 2.24) is 0 Å². The zero-order valence-corrected chi connectivity index (χ0v) is 14.2. The highest BCUT2D eigenvalue weighted by Gasteiger charge is 2.14. The molecule has 2 aromatic rings. The summed E-state index contributed by atoms with van der Waals surface area (Å²) in [6.07, 6.45) is 2.64. The molecule has 0 aliphatic rings. The van der Waals surface area contributed by atoms with Crippen LogP contribution in [-0.2, 0) is 0 Å². The molecule has 0 aliphatic heterocycles. The van der Waals surface area contributed by atoms with Crippen molar-refractivity contribution >= 4 is 23.5 Å². The number of phenolic OH excluding ortho intramolecular Hbond substituents is 1. The van der Waals surface area contributed by atoms with Gasteiger partial charge in [0.25, 0.3) is 0 Å². The lowest BCUT2D eigenvalue weighted by atomic mass is 10.0. The van der Waals surface area contributed by atoms with E-state index in [-0.39, 0.29) is 27.8 Å². The number of hydrogen-bond donors (Lipinski definition) is 1. The Labute approximate surface area is 148 Å². The van der Waals surface area contributed by atoms with E-state index in [2.05, 4.69) is 4.74 Å². The number of alkyl halides is 2. The number of aromatic hydroxyl groups is 1. The molecular formula is C18H15ClF2O4. The van der Waals surface area contributed by atoms with Gasteiger partial charge in [0.2, 0.25) is 0 Å². The minimum absolute atomic E-state index is 0.0217.